The van der Waals surface area contributed by atoms with E-state index in [4.69, 9.17) is 0 Å². The first-order valence-corrected chi connectivity index (χ1v) is 6.86. The summed E-state index contributed by atoms with van der Waals surface area (Å²) in [6.07, 6.45) is 2.66. The highest BCUT2D eigenvalue weighted by Gasteiger charge is 2.19. The molecule has 100 valence electrons. The van der Waals surface area contributed by atoms with Crippen LogP contribution < -0.4 is 10.2 Å². The highest BCUT2D eigenvalue weighted by molar-refractivity contribution is 5.57. The van der Waals surface area contributed by atoms with Crippen LogP contribution in [0.5, 0.6) is 0 Å². The zero-order valence-electron chi connectivity index (χ0n) is 11.8. The molecule has 18 heavy (non-hydrogen) atoms. The molecule has 1 saturated heterocycles. The van der Waals surface area contributed by atoms with Crippen molar-refractivity contribution < 1.29 is 0 Å². The monoisotopic (exact) mass is 247 g/mol. The van der Waals surface area contributed by atoms with Crippen LogP contribution in [-0.4, -0.2) is 45.7 Å². The molecular weight excluding hydrogens is 222 g/mol. The van der Waals surface area contributed by atoms with Crippen LogP contribution >= 0.6 is 0 Å². The van der Waals surface area contributed by atoms with Gasteiger partial charge in [-0.3, -0.25) is 0 Å². The molecule has 1 N–H and O–H groups in total. The van der Waals surface area contributed by atoms with E-state index < -0.39 is 0 Å². The Labute approximate surface area is 111 Å². The van der Waals surface area contributed by atoms with E-state index in [-0.39, 0.29) is 0 Å². The number of benzene rings is 1. The zero-order valence-corrected chi connectivity index (χ0v) is 11.8. The lowest BCUT2D eigenvalue weighted by Gasteiger charge is -2.22. The molecule has 0 aromatic heterocycles. The molecule has 1 fully saturated rings. The van der Waals surface area contributed by atoms with Crippen molar-refractivity contribution in [3.05, 3.63) is 24.3 Å². The standard InChI is InChI=1S/C15H25N3/c1-16-14-5-4-6-15(11-14)18(3)10-8-13-7-9-17(2)12-13/h4-6,11,13,16H,7-10,12H2,1-3H3. The van der Waals surface area contributed by atoms with Crippen LogP contribution in [0.25, 0.3) is 0 Å². The summed E-state index contributed by atoms with van der Waals surface area (Å²) in [6.45, 7) is 3.68. The minimum Gasteiger partial charge on any atom is -0.388 e. The van der Waals surface area contributed by atoms with E-state index in [1.54, 1.807) is 0 Å². The van der Waals surface area contributed by atoms with Gasteiger partial charge in [-0.2, -0.15) is 0 Å². The third kappa shape index (κ3) is 3.39. The van der Waals surface area contributed by atoms with Crippen molar-refractivity contribution in [1.29, 1.82) is 0 Å². The summed E-state index contributed by atoms with van der Waals surface area (Å²) in [5, 5.41) is 3.19. The molecule has 1 aromatic rings. The maximum absolute atomic E-state index is 3.19. The Hall–Kier alpha value is -1.22. The molecule has 0 radical (unpaired) electrons. The summed E-state index contributed by atoms with van der Waals surface area (Å²) in [6, 6.07) is 8.60. The van der Waals surface area contributed by atoms with Crippen molar-refractivity contribution in [2.24, 2.45) is 5.92 Å². The molecule has 0 spiro atoms. The molecule has 1 aliphatic heterocycles. The van der Waals surface area contributed by atoms with Gasteiger partial charge in [0.1, 0.15) is 0 Å². The summed E-state index contributed by atoms with van der Waals surface area (Å²) in [4.78, 5) is 4.80. The van der Waals surface area contributed by atoms with Gasteiger partial charge in [-0.05, 0) is 50.6 Å². The molecule has 1 atom stereocenters. The molecule has 1 aliphatic rings. The fourth-order valence-electron chi connectivity index (χ4n) is 2.67. The van der Waals surface area contributed by atoms with E-state index in [1.165, 1.54) is 37.3 Å². The average Bonchev–Trinajstić information content (AvgIpc) is 2.82. The average molecular weight is 247 g/mol. The molecule has 3 nitrogen and oxygen atoms in total. The van der Waals surface area contributed by atoms with Gasteiger partial charge in [-0.15, -0.1) is 0 Å². The molecule has 3 heteroatoms. The lowest BCUT2D eigenvalue weighted by atomic mass is 10.0. The van der Waals surface area contributed by atoms with Crippen LogP contribution in [0.4, 0.5) is 11.4 Å². The minimum absolute atomic E-state index is 0.880. The zero-order chi connectivity index (χ0) is 13.0. The van der Waals surface area contributed by atoms with Gasteiger partial charge in [-0.25, -0.2) is 0 Å². The first-order chi connectivity index (χ1) is 8.69. The molecule has 1 heterocycles. The molecule has 1 unspecified atom stereocenters. The fourth-order valence-corrected chi connectivity index (χ4v) is 2.67. The largest absolute Gasteiger partial charge is 0.388 e. The smallest absolute Gasteiger partial charge is 0.0384 e. The van der Waals surface area contributed by atoms with Crippen molar-refractivity contribution in [2.75, 3.05) is 51.0 Å². The summed E-state index contributed by atoms with van der Waals surface area (Å²) >= 11 is 0. The second-order valence-electron chi connectivity index (χ2n) is 5.43. The molecule has 0 bridgehead atoms. The van der Waals surface area contributed by atoms with Crippen LogP contribution in [0.2, 0.25) is 0 Å². The lowest BCUT2D eigenvalue weighted by Crippen LogP contribution is -2.22. The molecule has 0 amide bonds. The summed E-state index contributed by atoms with van der Waals surface area (Å²) in [5.41, 5.74) is 2.48. The summed E-state index contributed by atoms with van der Waals surface area (Å²) in [7, 11) is 6.38. The van der Waals surface area contributed by atoms with Gasteiger partial charge in [0.15, 0.2) is 0 Å². The van der Waals surface area contributed by atoms with Crippen LogP contribution in [0.1, 0.15) is 12.8 Å². The minimum atomic E-state index is 0.880. The van der Waals surface area contributed by atoms with Gasteiger partial charge in [0, 0.05) is 38.6 Å². The molecule has 0 saturated carbocycles. The number of nitrogens with one attached hydrogen (secondary N) is 1. The second-order valence-corrected chi connectivity index (χ2v) is 5.43. The fraction of sp³-hybridized carbons (Fsp3) is 0.600. The van der Waals surface area contributed by atoms with Gasteiger partial charge in [0.25, 0.3) is 0 Å². The van der Waals surface area contributed by atoms with Gasteiger partial charge in [-0.1, -0.05) is 6.07 Å². The normalized spacial score (nSPS) is 20.1. The number of hydrogen-bond donors (Lipinski definition) is 1. The maximum atomic E-state index is 3.19. The van der Waals surface area contributed by atoms with Crippen LogP contribution in [0.3, 0.4) is 0 Å². The van der Waals surface area contributed by atoms with E-state index in [0.29, 0.717) is 0 Å². The predicted molar refractivity (Wildman–Crippen MR) is 79.5 cm³/mol. The predicted octanol–water partition coefficient (Wildman–Crippen LogP) is 2.51. The third-order valence-corrected chi connectivity index (χ3v) is 3.94. The number of hydrogen-bond acceptors (Lipinski definition) is 3. The van der Waals surface area contributed by atoms with Crippen LogP contribution in [0, 0.1) is 5.92 Å². The van der Waals surface area contributed by atoms with Crippen molar-refractivity contribution >= 4 is 11.4 Å². The number of likely N-dealkylation sites (tertiary alicyclic amines) is 1. The Balaban J connectivity index is 1.85. The Kier molecular flexibility index (Phi) is 4.48. The molecule has 1 aromatic carbocycles. The van der Waals surface area contributed by atoms with Gasteiger partial charge in [0.2, 0.25) is 0 Å². The first kappa shape index (κ1) is 13.2. The van der Waals surface area contributed by atoms with Crippen molar-refractivity contribution in [3.8, 4) is 0 Å². The number of rotatable bonds is 5. The summed E-state index contributed by atoms with van der Waals surface area (Å²) in [5.74, 6) is 0.880. The third-order valence-electron chi connectivity index (χ3n) is 3.94. The molecule has 2 rings (SSSR count). The van der Waals surface area contributed by atoms with Crippen LogP contribution in [0.15, 0.2) is 24.3 Å². The highest BCUT2D eigenvalue weighted by Crippen LogP contribution is 2.21. The van der Waals surface area contributed by atoms with Crippen molar-refractivity contribution in [3.63, 3.8) is 0 Å². The van der Waals surface area contributed by atoms with Gasteiger partial charge in [0.05, 0.1) is 0 Å². The summed E-state index contributed by atoms with van der Waals surface area (Å²) < 4.78 is 0. The lowest BCUT2D eigenvalue weighted by molar-refractivity contribution is 0.389. The number of anilines is 2. The Morgan fingerprint density at radius 1 is 1.44 bits per heavy atom. The topological polar surface area (TPSA) is 18.5 Å². The van der Waals surface area contributed by atoms with Crippen molar-refractivity contribution in [1.82, 2.24) is 4.90 Å². The Bertz CT molecular complexity index is 378. The quantitative estimate of drug-likeness (QED) is 0.862. The maximum Gasteiger partial charge on any atom is 0.0384 e. The molecular formula is C15H25N3. The van der Waals surface area contributed by atoms with Crippen molar-refractivity contribution in [2.45, 2.75) is 12.8 Å². The second kappa shape index (κ2) is 6.10. The first-order valence-electron chi connectivity index (χ1n) is 6.86. The van der Waals surface area contributed by atoms with E-state index in [2.05, 4.69) is 53.5 Å². The van der Waals surface area contributed by atoms with Gasteiger partial charge >= 0.3 is 0 Å². The van der Waals surface area contributed by atoms with Crippen LogP contribution in [-0.2, 0) is 0 Å². The molecule has 0 aliphatic carbocycles. The van der Waals surface area contributed by atoms with E-state index in [0.717, 1.165) is 12.5 Å². The highest BCUT2D eigenvalue weighted by atomic mass is 15.1. The van der Waals surface area contributed by atoms with E-state index in [9.17, 15) is 0 Å². The SMILES string of the molecule is CNc1cccc(N(C)CCC2CCN(C)C2)c1. The van der Waals surface area contributed by atoms with E-state index in [1.807, 2.05) is 7.05 Å². The van der Waals surface area contributed by atoms with E-state index >= 15 is 0 Å². The number of nitrogens with zero attached hydrogens (tertiary/aromatic N) is 2. The Morgan fingerprint density at radius 2 is 2.28 bits per heavy atom. The Morgan fingerprint density at radius 3 is 2.94 bits per heavy atom. The van der Waals surface area contributed by atoms with Gasteiger partial charge < -0.3 is 15.1 Å².